The first-order chi connectivity index (χ1) is 12.3. The van der Waals surface area contributed by atoms with Crippen molar-refractivity contribution < 1.29 is 9.53 Å². The lowest BCUT2D eigenvalue weighted by Gasteiger charge is -2.26. The third-order valence-corrected chi connectivity index (χ3v) is 4.25. The number of hydrogen-bond acceptors (Lipinski definition) is 4. The molecule has 0 aromatic heterocycles. The quantitative estimate of drug-likeness (QED) is 0.812. The minimum Gasteiger partial charge on any atom is -0.379 e. The molecular formula is C20H25N3O2. The van der Waals surface area contributed by atoms with Crippen LogP contribution in [0.2, 0.25) is 0 Å². The summed E-state index contributed by atoms with van der Waals surface area (Å²) in [5, 5.41) is 6.05. The first-order valence-corrected chi connectivity index (χ1v) is 8.73. The zero-order chi connectivity index (χ0) is 17.3. The van der Waals surface area contributed by atoms with Gasteiger partial charge in [-0.1, -0.05) is 42.5 Å². The normalized spacial score (nSPS) is 14.9. The molecule has 1 amide bonds. The second kappa shape index (κ2) is 9.20. The molecule has 3 rings (SSSR count). The molecule has 0 atom stereocenters. The number of amides is 1. The Morgan fingerprint density at radius 1 is 0.960 bits per heavy atom. The van der Waals surface area contributed by atoms with Crippen molar-refractivity contribution in [2.24, 2.45) is 0 Å². The Kier molecular flexibility index (Phi) is 6.42. The summed E-state index contributed by atoms with van der Waals surface area (Å²) in [5.74, 6) is -0.0127. The number of hydrogen-bond donors (Lipinski definition) is 2. The van der Waals surface area contributed by atoms with Crippen molar-refractivity contribution >= 4 is 11.6 Å². The van der Waals surface area contributed by atoms with Crippen LogP contribution >= 0.6 is 0 Å². The maximum atomic E-state index is 11.9. The van der Waals surface area contributed by atoms with Crippen LogP contribution in [-0.4, -0.2) is 43.7 Å². The Morgan fingerprint density at radius 2 is 1.64 bits per heavy atom. The summed E-state index contributed by atoms with van der Waals surface area (Å²) in [6.07, 6.45) is 0. The highest BCUT2D eigenvalue weighted by Crippen LogP contribution is 2.09. The van der Waals surface area contributed by atoms with E-state index in [-0.39, 0.29) is 12.5 Å². The monoisotopic (exact) mass is 339 g/mol. The number of carbonyl (C=O) groups excluding carboxylic acids is 1. The average molecular weight is 339 g/mol. The predicted octanol–water partition coefficient (Wildman–Crippen LogP) is 2.25. The minimum absolute atomic E-state index is 0.0127. The highest BCUT2D eigenvalue weighted by Gasteiger charge is 2.10. The molecule has 0 saturated carbocycles. The summed E-state index contributed by atoms with van der Waals surface area (Å²) in [6.45, 7) is 5.41. The van der Waals surface area contributed by atoms with Gasteiger partial charge < -0.3 is 15.4 Å². The Morgan fingerprint density at radius 3 is 2.36 bits per heavy atom. The molecule has 1 aliphatic rings. The van der Waals surface area contributed by atoms with Gasteiger partial charge in [0.1, 0.15) is 0 Å². The Balaban J connectivity index is 1.39. The molecule has 0 bridgehead atoms. The van der Waals surface area contributed by atoms with Gasteiger partial charge in [0.25, 0.3) is 0 Å². The topological polar surface area (TPSA) is 53.6 Å². The standard InChI is InChI=1S/C20H25N3O2/c24-20(15-21-19-4-2-1-3-5-19)22-14-17-6-8-18(9-7-17)16-23-10-12-25-13-11-23/h1-9,21H,10-16H2,(H,22,24). The smallest absolute Gasteiger partial charge is 0.239 e. The van der Waals surface area contributed by atoms with Gasteiger partial charge in [-0.25, -0.2) is 0 Å². The van der Waals surface area contributed by atoms with Crippen LogP contribution in [0.1, 0.15) is 11.1 Å². The van der Waals surface area contributed by atoms with Crippen molar-refractivity contribution in [1.29, 1.82) is 0 Å². The van der Waals surface area contributed by atoms with Crippen molar-refractivity contribution in [1.82, 2.24) is 10.2 Å². The molecule has 5 nitrogen and oxygen atoms in total. The highest BCUT2D eigenvalue weighted by molar-refractivity contribution is 5.80. The summed E-state index contributed by atoms with van der Waals surface area (Å²) in [6, 6.07) is 18.2. The second-order valence-electron chi connectivity index (χ2n) is 6.20. The van der Waals surface area contributed by atoms with Crippen molar-refractivity contribution in [2.45, 2.75) is 13.1 Å². The number of nitrogens with one attached hydrogen (secondary N) is 2. The molecule has 2 N–H and O–H groups in total. The largest absolute Gasteiger partial charge is 0.379 e. The van der Waals surface area contributed by atoms with E-state index in [4.69, 9.17) is 4.74 Å². The zero-order valence-electron chi connectivity index (χ0n) is 14.4. The van der Waals surface area contributed by atoms with Gasteiger partial charge in [0.2, 0.25) is 5.91 Å². The van der Waals surface area contributed by atoms with Gasteiger partial charge in [-0.2, -0.15) is 0 Å². The number of benzene rings is 2. The molecule has 0 aliphatic carbocycles. The van der Waals surface area contributed by atoms with Crippen molar-refractivity contribution in [2.75, 3.05) is 38.2 Å². The van der Waals surface area contributed by atoms with Crippen LogP contribution < -0.4 is 10.6 Å². The fourth-order valence-electron chi connectivity index (χ4n) is 2.78. The van der Waals surface area contributed by atoms with Gasteiger partial charge >= 0.3 is 0 Å². The molecule has 132 valence electrons. The molecular weight excluding hydrogens is 314 g/mol. The lowest BCUT2D eigenvalue weighted by Crippen LogP contribution is -2.35. The lowest BCUT2D eigenvalue weighted by molar-refractivity contribution is -0.119. The maximum Gasteiger partial charge on any atom is 0.239 e. The number of anilines is 1. The number of carbonyl (C=O) groups is 1. The summed E-state index contributed by atoms with van der Waals surface area (Å²) in [5.41, 5.74) is 3.35. The average Bonchev–Trinajstić information content (AvgIpc) is 2.67. The fourth-order valence-corrected chi connectivity index (χ4v) is 2.78. The van der Waals surface area contributed by atoms with Gasteiger partial charge in [0.05, 0.1) is 19.8 Å². The van der Waals surface area contributed by atoms with E-state index in [2.05, 4.69) is 39.8 Å². The molecule has 1 aliphatic heterocycles. The SMILES string of the molecule is O=C(CNc1ccccc1)NCc1ccc(CN2CCOCC2)cc1. The van der Waals surface area contributed by atoms with Gasteiger partial charge in [-0.15, -0.1) is 0 Å². The van der Waals surface area contributed by atoms with Crippen LogP contribution in [0.4, 0.5) is 5.69 Å². The Hall–Kier alpha value is -2.37. The lowest BCUT2D eigenvalue weighted by atomic mass is 10.1. The van der Waals surface area contributed by atoms with Crippen LogP contribution in [0.3, 0.4) is 0 Å². The van der Waals surface area contributed by atoms with E-state index in [0.29, 0.717) is 6.54 Å². The molecule has 0 unspecified atom stereocenters. The van der Waals surface area contributed by atoms with Crippen molar-refractivity contribution in [3.63, 3.8) is 0 Å². The number of nitrogens with zero attached hydrogens (tertiary/aromatic N) is 1. The minimum atomic E-state index is -0.0127. The van der Waals surface area contributed by atoms with Crippen LogP contribution in [0.5, 0.6) is 0 Å². The zero-order valence-corrected chi connectivity index (χ0v) is 14.4. The highest BCUT2D eigenvalue weighted by atomic mass is 16.5. The van der Waals surface area contributed by atoms with Crippen molar-refractivity contribution in [3.8, 4) is 0 Å². The molecule has 2 aromatic rings. The molecule has 1 fully saturated rings. The number of morpholine rings is 1. The van der Waals surface area contributed by atoms with Crippen LogP contribution in [0.25, 0.3) is 0 Å². The van der Waals surface area contributed by atoms with Gasteiger partial charge in [0, 0.05) is 31.9 Å². The number of ether oxygens (including phenoxy) is 1. The third kappa shape index (κ3) is 5.89. The predicted molar refractivity (Wildman–Crippen MR) is 99.3 cm³/mol. The first-order valence-electron chi connectivity index (χ1n) is 8.73. The van der Waals surface area contributed by atoms with E-state index in [0.717, 1.165) is 44.1 Å². The van der Waals surface area contributed by atoms with E-state index in [1.165, 1.54) is 5.56 Å². The van der Waals surface area contributed by atoms with Gasteiger partial charge in [0.15, 0.2) is 0 Å². The van der Waals surface area contributed by atoms with Crippen LogP contribution in [0.15, 0.2) is 54.6 Å². The summed E-state index contributed by atoms with van der Waals surface area (Å²) < 4.78 is 5.37. The van der Waals surface area contributed by atoms with Gasteiger partial charge in [-0.3, -0.25) is 9.69 Å². The van der Waals surface area contributed by atoms with Crippen molar-refractivity contribution in [3.05, 3.63) is 65.7 Å². The van der Waals surface area contributed by atoms with E-state index in [1.54, 1.807) is 0 Å². The molecule has 0 spiro atoms. The molecule has 5 heteroatoms. The molecule has 25 heavy (non-hydrogen) atoms. The second-order valence-corrected chi connectivity index (χ2v) is 6.20. The van der Waals surface area contributed by atoms with E-state index < -0.39 is 0 Å². The fraction of sp³-hybridized carbons (Fsp3) is 0.350. The van der Waals surface area contributed by atoms with Crippen LogP contribution in [0, 0.1) is 0 Å². The molecule has 2 aromatic carbocycles. The Bertz CT molecular complexity index is 652. The Labute approximate surface area is 149 Å². The van der Waals surface area contributed by atoms with E-state index >= 15 is 0 Å². The molecule has 0 radical (unpaired) electrons. The summed E-state index contributed by atoms with van der Waals surface area (Å²) >= 11 is 0. The summed E-state index contributed by atoms with van der Waals surface area (Å²) in [7, 11) is 0. The molecule has 1 heterocycles. The maximum absolute atomic E-state index is 11.9. The molecule has 1 saturated heterocycles. The number of para-hydroxylation sites is 1. The van der Waals surface area contributed by atoms with E-state index in [9.17, 15) is 4.79 Å². The number of rotatable bonds is 7. The summed E-state index contributed by atoms with van der Waals surface area (Å²) in [4.78, 5) is 14.3. The third-order valence-electron chi connectivity index (χ3n) is 4.25. The van der Waals surface area contributed by atoms with E-state index in [1.807, 2.05) is 30.3 Å². The van der Waals surface area contributed by atoms with Crippen LogP contribution in [-0.2, 0) is 22.6 Å². The first kappa shape index (κ1) is 17.5. The van der Waals surface area contributed by atoms with Gasteiger partial charge in [-0.05, 0) is 23.3 Å².